The van der Waals surface area contributed by atoms with Crippen LogP contribution in [-0.4, -0.2) is 30.0 Å². The lowest BCUT2D eigenvalue weighted by Crippen LogP contribution is -2.41. The van der Waals surface area contributed by atoms with Crippen LogP contribution in [0.2, 0.25) is 5.02 Å². The number of hydrogen-bond donors (Lipinski definition) is 0. The van der Waals surface area contributed by atoms with Crippen LogP contribution >= 0.6 is 11.6 Å². The number of benzene rings is 1. The summed E-state index contributed by atoms with van der Waals surface area (Å²) in [4.78, 5) is 25.6. The van der Waals surface area contributed by atoms with Crippen LogP contribution in [0.1, 0.15) is 29.0 Å². The molecule has 1 amide bonds. The SMILES string of the molecule is Cc1cc(OC2CCN(C(=O)c3cccc(Cl)c3)CC2)cc(=O)o1. The minimum absolute atomic E-state index is 0.0189. The summed E-state index contributed by atoms with van der Waals surface area (Å²) in [6.07, 6.45) is 1.41. The van der Waals surface area contributed by atoms with Crippen LogP contribution in [0.5, 0.6) is 5.75 Å². The van der Waals surface area contributed by atoms with Gasteiger partial charge in [0.2, 0.25) is 0 Å². The topological polar surface area (TPSA) is 59.8 Å². The molecule has 0 aliphatic carbocycles. The van der Waals surface area contributed by atoms with Crippen molar-refractivity contribution < 1.29 is 13.9 Å². The van der Waals surface area contributed by atoms with Gasteiger partial charge in [-0.3, -0.25) is 4.79 Å². The minimum Gasteiger partial charge on any atom is -0.490 e. The van der Waals surface area contributed by atoms with Crippen LogP contribution in [0, 0.1) is 6.92 Å². The summed E-state index contributed by atoms with van der Waals surface area (Å²) >= 11 is 5.94. The number of carbonyl (C=O) groups is 1. The normalized spacial score (nSPS) is 15.3. The molecular weight excluding hydrogens is 330 g/mol. The number of nitrogens with zero attached hydrogens (tertiary/aromatic N) is 1. The Bertz CT molecular complexity index is 794. The minimum atomic E-state index is -0.418. The number of likely N-dealkylation sites (tertiary alicyclic amines) is 1. The Labute approximate surface area is 144 Å². The van der Waals surface area contributed by atoms with Gasteiger partial charge in [-0.05, 0) is 25.1 Å². The summed E-state index contributed by atoms with van der Waals surface area (Å²) in [6.45, 7) is 2.92. The van der Waals surface area contributed by atoms with Gasteiger partial charge in [0.25, 0.3) is 5.91 Å². The van der Waals surface area contributed by atoms with Gasteiger partial charge in [0.15, 0.2) is 0 Å². The summed E-state index contributed by atoms with van der Waals surface area (Å²) < 4.78 is 10.8. The first-order valence-electron chi connectivity index (χ1n) is 7.84. The van der Waals surface area contributed by atoms with Crippen molar-refractivity contribution in [2.75, 3.05) is 13.1 Å². The van der Waals surface area contributed by atoms with E-state index in [1.54, 1.807) is 42.2 Å². The maximum Gasteiger partial charge on any atom is 0.339 e. The summed E-state index contributed by atoms with van der Waals surface area (Å²) in [5, 5.41) is 0.553. The predicted molar refractivity (Wildman–Crippen MR) is 90.7 cm³/mol. The van der Waals surface area contributed by atoms with Crippen molar-refractivity contribution in [2.24, 2.45) is 0 Å². The highest BCUT2D eigenvalue weighted by molar-refractivity contribution is 6.30. The van der Waals surface area contributed by atoms with Crippen molar-refractivity contribution in [1.29, 1.82) is 0 Å². The average Bonchev–Trinajstić information content (AvgIpc) is 2.54. The van der Waals surface area contributed by atoms with E-state index in [-0.39, 0.29) is 12.0 Å². The van der Waals surface area contributed by atoms with Gasteiger partial charge >= 0.3 is 5.63 Å². The summed E-state index contributed by atoms with van der Waals surface area (Å²) in [6, 6.07) is 10.0. The Balaban J connectivity index is 1.59. The van der Waals surface area contributed by atoms with E-state index >= 15 is 0 Å². The molecule has 1 aliphatic heterocycles. The highest BCUT2D eigenvalue weighted by atomic mass is 35.5. The van der Waals surface area contributed by atoms with E-state index in [9.17, 15) is 9.59 Å². The molecule has 6 heteroatoms. The molecule has 3 rings (SSSR count). The van der Waals surface area contributed by atoms with E-state index in [0.29, 0.717) is 48.0 Å². The van der Waals surface area contributed by atoms with Gasteiger partial charge in [0, 0.05) is 42.6 Å². The Morgan fingerprint density at radius 2 is 2.00 bits per heavy atom. The molecule has 0 atom stereocenters. The third-order valence-corrected chi connectivity index (χ3v) is 4.21. The number of ether oxygens (including phenoxy) is 1. The van der Waals surface area contributed by atoms with E-state index in [4.69, 9.17) is 20.8 Å². The first-order chi connectivity index (χ1) is 11.5. The van der Waals surface area contributed by atoms with Crippen LogP contribution in [0.3, 0.4) is 0 Å². The molecule has 1 fully saturated rings. The maximum absolute atomic E-state index is 12.5. The lowest BCUT2D eigenvalue weighted by atomic mass is 10.1. The van der Waals surface area contributed by atoms with Crippen molar-refractivity contribution >= 4 is 17.5 Å². The number of hydrogen-bond acceptors (Lipinski definition) is 4. The molecule has 24 heavy (non-hydrogen) atoms. The highest BCUT2D eigenvalue weighted by Crippen LogP contribution is 2.21. The van der Waals surface area contributed by atoms with Crippen LogP contribution in [0.25, 0.3) is 0 Å². The fourth-order valence-electron chi connectivity index (χ4n) is 2.82. The number of carbonyl (C=O) groups excluding carboxylic acids is 1. The molecule has 0 spiro atoms. The summed E-state index contributed by atoms with van der Waals surface area (Å²) in [7, 11) is 0. The molecular formula is C18H18ClNO4. The van der Waals surface area contributed by atoms with Crippen LogP contribution in [-0.2, 0) is 0 Å². The van der Waals surface area contributed by atoms with Gasteiger partial charge in [0.05, 0.1) is 6.07 Å². The molecule has 1 aromatic heterocycles. The fourth-order valence-corrected chi connectivity index (χ4v) is 3.01. The van der Waals surface area contributed by atoms with Gasteiger partial charge in [-0.15, -0.1) is 0 Å². The molecule has 2 aromatic rings. The monoisotopic (exact) mass is 347 g/mol. The Hall–Kier alpha value is -2.27. The van der Waals surface area contributed by atoms with Crippen molar-refractivity contribution in [2.45, 2.75) is 25.9 Å². The molecule has 0 N–H and O–H groups in total. The maximum atomic E-state index is 12.5. The van der Waals surface area contributed by atoms with E-state index in [1.807, 2.05) is 0 Å². The molecule has 1 aliphatic rings. The zero-order valence-corrected chi connectivity index (χ0v) is 14.1. The molecule has 0 bridgehead atoms. The highest BCUT2D eigenvalue weighted by Gasteiger charge is 2.25. The van der Waals surface area contributed by atoms with Gasteiger partial charge in [-0.2, -0.15) is 0 Å². The summed E-state index contributed by atoms with van der Waals surface area (Å²) in [5.74, 6) is 1.02. The van der Waals surface area contributed by atoms with E-state index in [2.05, 4.69) is 0 Å². The molecule has 126 valence electrons. The number of rotatable bonds is 3. The van der Waals surface area contributed by atoms with Crippen LogP contribution in [0.15, 0.2) is 45.6 Å². The first kappa shape index (κ1) is 16.6. The molecule has 0 saturated carbocycles. The van der Waals surface area contributed by atoms with Gasteiger partial charge < -0.3 is 14.1 Å². The lowest BCUT2D eigenvalue weighted by molar-refractivity contribution is 0.0594. The van der Waals surface area contributed by atoms with E-state index < -0.39 is 5.63 Å². The van der Waals surface area contributed by atoms with Crippen molar-refractivity contribution in [1.82, 2.24) is 4.90 Å². The van der Waals surface area contributed by atoms with Gasteiger partial charge in [0.1, 0.15) is 17.6 Å². The Kier molecular flexibility index (Phi) is 4.90. The van der Waals surface area contributed by atoms with Gasteiger partial charge in [-0.1, -0.05) is 17.7 Å². The van der Waals surface area contributed by atoms with Gasteiger partial charge in [-0.25, -0.2) is 4.79 Å². The third-order valence-electron chi connectivity index (χ3n) is 3.97. The standard InChI is InChI=1S/C18H18ClNO4/c1-12-9-16(11-17(21)23-12)24-15-5-7-20(8-6-15)18(22)13-3-2-4-14(19)10-13/h2-4,9-11,15H,5-8H2,1H3. The zero-order valence-electron chi connectivity index (χ0n) is 13.3. The zero-order chi connectivity index (χ0) is 17.1. The smallest absolute Gasteiger partial charge is 0.339 e. The van der Waals surface area contributed by atoms with Crippen LogP contribution in [0.4, 0.5) is 0 Å². The second-order valence-corrected chi connectivity index (χ2v) is 6.28. The predicted octanol–water partition coefficient (Wildman–Crippen LogP) is 3.29. The number of amides is 1. The number of piperidine rings is 1. The van der Waals surface area contributed by atoms with Crippen molar-refractivity contribution in [3.63, 3.8) is 0 Å². The molecule has 2 heterocycles. The number of aryl methyl sites for hydroxylation is 1. The average molecular weight is 348 g/mol. The first-order valence-corrected chi connectivity index (χ1v) is 8.22. The van der Waals surface area contributed by atoms with Crippen LogP contribution < -0.4 is 10.4 Å². The van der Waals surface area contributed by atoms with Crippen molar-refractivity contribution in [3.8, 4) is 5.75 Å². The van der Waals surface area contributed by atoms with E-state index in [0.717, 1.165) is 0 Å². The molecule has 5 nitrogen and oxygen atoms in total. The second kappa shape index (κ2) is 7.09. The molecule has 0 radical (unpaired) electrons. The lowest BCUT2D eigenvalue weighted by Gasteiger charge is -2.32. The third kappa shape index (κ3) is 3.97. The fraction of sp³-hybridized carbons (Fsp3) is 0.333. The van der Waals surface area contributed by atoms with E-state index in [1.165, 1.54) is 6.07 Å². The largest absolute Gasteiger partial charge is 0.490 e. The molecule has 1 saturated heterocycles. The Morgan fingerprint density at radius 1 is 1.25 bits per heavy atom. The number of halogens is 1. The molecule has 0 unspecified atom stereocenters. The van der Waals surface area contributed by atoms with Crippen molar-refractivity contribution in [3.05, 3.63) is 63.2 Å². The second-order valence-electron chi connectivity index (χ2n) is 5.84. The molecule has 1 aromatic carbocycles. The Morgan fingerprint density at radius 3 is 2.67 bits per heavy atom. The summed E-state index contributed by atoms with van der Waals surface area (Å²) in [5.41, 5.74) is 0.178. The quantitative estimate of drug-likeness (QED) is 0.854.